The maximum atomic E-state index is 12.0. The van der Waals surface area contributed by atoms with Crippen molar-refractivity contribution >= 4 is 18.4 Å². The van der Waals surface area contributed by atoms with Crippen molar-refractivity contribution < 1.29 is 26.5 Å². The molecular weight excluding hydrogens is 384 g/mol. The Hall–Kier alpha value is -0.773. The van der Waals surface area contributed by atoms with Crippen LogP contribution in [0, 0.1) is 6.92 Å². The molecule has 0 N–H and O–H groups in total. The van der Waals surface area contributed by atoms with Gasteiger partial charge >= 0.3 is 0 Å². The highest BCUT2D eigenvalue weighted by atomic mass is 32.2. The van der Waals surface area contributed by atoms with Crippen LogP contribution < -0.4 is 0 Å². The summed E-state index contributed by atoms with van der Waals surface area (Å²) >= 11 is 0. The number of hydrogen-bond donors (Lipinski definition) is 0. The molecule has 0 spiro atoms. The fraction of sp³-hybridized carbons (Fsp3) is 0.684. The molecule has 1 aromatic rings. The summed E-state index contributed by atoms with van der Waals surface area (Å²) in [5, 5.41) is 0.190. The molecule has 0 radical (unpaired) electrons. The van der Waals surface area contributed by atoms with E-state index < -0.39 is 18.4 Å². The Morgan fingerprint density at radius 2 is 1.33 bits per heavy atom. The Labute approximate surface area is 165 Å². The van der Waals surface area contributed by atoms with Crippen LogP contribution in [0.4, 0.5) is 0 Å². The van der Waals surface area contributed by atoms with Gasteiger partial charge in [-0.1, -0.05) is 38.5 Å². The number of aryl methyl sites for hydroxylation is 1. The smallest absolute Gasteiger partial charge is 0.297 e. The lowest BCUT2D eigenvalue weighted by Crippen LogP contribution is -2.41. The van der Waals surface area contributed by atoms with Crippen LogP contribution in [0.2, 0.25) is 18.1 Å². The number of ether oxygens (including phenoxy) is 2. The molecule has 0 atom stereocenters. The first-order chi connectivity index (χ1) is 12.5. The second kappa shape index (κ2) is 10.7. The molecule has 0 bridgehead atoms. The summed E-state index contributed by atoms with van der Waals surface area (Å²) in [6.07, 6.45) is 0. The molecule has 0 unspecified atom stereocenters. The maximum absolute atomic E-state index is 12.0. The summed E-state index contributed by atoms with van der Waals surface area (Å²) in [5.41, 5.74) is 0.993. The fourth-order valence-corrected chi connectivity index (χ4v) is 3.79. The molecule has 0 aliphatic heterocycles. The number of rotatable bonds is 12. The lowest BCUT2D eigenvalue weighted by molar-refractivity contribution is 0.0265. The Morgan fingerprint density at radius 1 is 0.852 bits per heavy atom. The van der Waals surface area contributed by atoms with E-state index in [1.165, 1.54) is 12.1 Å². The molecule has 0 fully saturated rings. The lowest BCUT2D eigenvalue weighted by Gasteiger charge is -2.36. The summed E-state index contributed by atoms with van der Waals surface area (Å²) in [6, 6.07) is 6.54. The predicted molar refractivity (Wildman–Crippen MR) is 109 cm³/mol. The van der Waals surface area contributed by atoms with Crippen LogP contribution in [-0.4, -0.2) is 56.4 Å². The van der Waals surface area contributed by atoms with E-state index in [-0.39, 0.29) is 23.1 Å². The van der Waals surface area contributed by atoms with Gasteiger partial charge in [-0.25, -0.2) is 0 Å². The first-order valence-corrected chi connectivity index (χ1v) is 13.5. The summed E-state index contributed by atoms with van der Waals surface area (Å²) < 4.78 is 45.8. The van der Waals surface area contributed by atoms with Gasteiger partial charge < -0.3 is 13.9 Å². The minimum atomic E-state index is -3.73. The van der Waals surface area contributed by atoms with Crippen molar-refractivity contribution in [2.75, 3.05) is 39.6 Å². The predicted octanol–water partition coefficient (Wildman–Crippen LogP) is 3.76. The Bertz CT molecular complexity index is 650. The molecule has 27 heavy (non-hydrogen) atoms. The van der Waals surface area contributed by atoms with Gasteiger partial charge in [0.05, 0.1) is 44.5 Å². The monoisotopic (exact) mass is 418 g/mol. The first kappa shape index (κ1) is 24.3. The second-order valence-electron chi connectivity index (χ2n) is 7.92. The van der Waals surface area contributed by atoms with Crippen molar-refractivity contribution in [2.45, 2.75) is 50.7 Å². The lowest BCUT2D eigenvalue weighted by atomic mass is 10.2. The van der Waals surface area contributed by atoms with Gasteiger partial charge in [-0.2, -0.15) is 8.42 Å². The average Bonchev–Trinajstić information content (AvgIpc) is 2.55. The topological polar surface area (TPSA) is 71.1 Å². The molecule has 1 aromatic carbocycles. The minimum absolute atomic E-state index is 0.0231. The van der Waals surface area contributed by atoms with E-state index in [1.54, 1.807) is 12.1 Å². The minimum Gasteiger partial charge on any atom is -0.414 e. The molecule has 0 amide bonds. The summed E-state index contributed by atoms with van der Waals surface area (Å²) in [4.78, 5) is 0.151. The summed E-state index contributed by atoms with van der Waals surface area (Å²) in [7, 11) is -5.46. The van der Waals surface area contributed by atoms with E-state index in [0.717, 1.165) is 5.56 Å². The molecule has 8 heteroatoms. The highest BCUT2D eigenvalue weighted by Crippen LogP contribution is 2.36. The SMILES string of the molecule is Cc1ccc(S(=O)(=O)OCCOCCOCCO[Si](C)(C)C(C)(C)C)cc1. The van der Waals surface area contributed by atoms with Crippen LogP contribution in [0.25, 0.3) is 0 Å². The Morgan fingerprint density at radius 3 is 1.85 bits per heavy atom. The second-order valence-corrected chi connectivity index (χ2v) is 14.3. The fourth-order valence-electron chi connectivity index (χ4n) is 1.87. The molecule has 0 aliphatic carbocycles. The third-order valence-corrected chi connectivity index (χ3v) is 10.5. The summed E-state index contributed by atoms with van der Waals surface area (Å²) in [6.45, 7) is 15.0. The highest BCUT2D eigenvalue weighted by molar-refractivity contribution is 7.86. The number of benzene rings is 1. The van der Waals surface area contributed by atoms with Gasteiger partial charge in [0.15, 0.2) is 8.32 Å². The van der Waals surface area contributed by atoms with E-state index in [1.807, 2.05) is 6.92 Å². The third kappa shape index (κ3) is 8.84. The van der Waals surface area contributed by atoms with Crippen LogP contribution in [0.1, 0.15) is 26.3 Å². The van der Waals surface area contributed by atoms with Crippen LogP contribution in [0.3, 0.4) is 0 Å². The van der Waals surface area contributed by atoms with E-state index in [2.05, 4.69) is 33.9 Å². The van der Waals surface area contributed by atoms with Crippen molar-refractivity contribution in [3.05, 3.63) is 29.8 Å². The van der Waals surface area contributed by atoms with Crippen LogP contribution >= 0.6 is 0 Å². The van der Waals surface area contributed by atoms with Gasteiger partial charge in [-0.15, -0.1) is 0 Å². The largest absolute Gasteiger partial charge is 0.414 e. The standard InChI is InChI=1S/C19H34O6SSi/c1-17-7-9-18(10-8-17)26(20,21)24-15-13-22-11-12-23-14-16-25-27(5,6)19(2,3)4/h7-10H,11-16H2,1-6H3. The average molecular weight is 419 g/mol. The van der Waals surface area contributed by atoms with Gasteiger partial charge in [-0.3, -0.25) is 4.18 Å². The number of hydrogen-bond acceptors (Lipinski definition) is 6. The molecule has 6 nitrogen and oxygen atoms in total. The van der Waals surface area contributed by atoms with Crippen molar-refractivity contribution in [2.24, 2.45) is 0 Å². The highest BCUT2D eigenvalue weighted by Gasteiger charge is 2.36. The molecule has 0 heterocycles. The van der Waals surface area contributed by atoms with E-state index in [4.69, 9.17) is 18.1 Å². The Kier molecular flexibility index (Phi) is 9.60. The third-order valence-electron chi connectivity index (χ3n) is 4.64. The van der Waals surface area contributed by atoms with Gasteiger partial charge in [0.25, 0.3) is 10.1 Å². The summed E-state index contributed by atoms with van der Waals surface area (Å²) in [5.74, 6) is 0. The van der Waals surface area contributed by atoms with Crippen molar-refractivity contribution in [1.82, 2.24) is 0 Å². The normalized spacial score (nSPS) is 13.1. The first-order valence-electron chi connectivity index (χ1n) is 9.21. The molecule has 0 saturated heterocycles. The zero-order valence-electron chi connectivity index (χ0n) is 17.4. The van der Waals surface area contributed by atoms with Crippen LogP contribution in [0.5, 0.6) is 0 Å². The molecular formula is C19H34O6SSi. The molecule has 156 valence electrons. The molecule has 0 aliphatic rings. The van der Waals surface area contributed by atoms with E-state index in [9.17, 15) is 8.42 Å². The maximum Gasteiger partial charge on any atom is 0.297 e. The van der Waals surface area contributed by atoms with Crippen LogP contribution in [-0.2, 0) is 28.2 Å². The van der Waals surface area contributed by atoms with Crippen molar-refractivity contribution in [3.8, 4) is 0 Å². The zero-order chi connectivity index (χ0) is 20.6. The van der Waals surface area contributed by atoms with Crippen LogP contribution in [0.15, 0.2) is 29.2 Å². The van der Waals surface area contributed by atoms with Crippen molar-refractivity contribution in [3.63, 3.8) is 0 Å². The molecule has 1 rings (SSSR count). The van der Waals surface area contributed by atoms with E-state index >= 15 is 0 Å². The Balaban J connectivity index is 2.09. The molecule has 0 aromatic heterocycles. The van der Waals surface area contributed by atoms with Gasteiger partial charge in [0.2, 0.25) is 0 Å². The van der Waals surface area contributed by atoms with Gasteiger partial charge in [0.1, 0.15) is 0 Å². The molecule has 0 saturated carbocycles. The van der Waals surface area contributed by atoms with E-state index in [0.29, 0.717) is 26.4 Å². The zero-order valence-corrected chi connectivity index (χ0v) is 19.2. The van der Waals surface area contributed by atoms with Gasteiger partial charge in [0, 0.05) is 0 Å². The van der Waals surface area contributed by atoms with Gasteiger partial charge in [-0.05, 0) is 37.2 Å². The quantitative estimate of drug-likeness (QED) is 0.292. The van der Waals surface area contributed by atoms with Crippen molar-refractivity contribution in [1.29, 1.82) is 0 Å².